The second-order valence-corrected chi connectivity index (χ2v) is 6.44. The lowest BCUT2D eigenvalue weighted by Gasteiger charge is -2.39. The molecule has 2 aromatic rings. The molecule has 126 valence electrons. The molecule has 2 aromatic carbocycles. The Labute approximate surface area is 142 Å². The number of benzene rings is 2. The van der Waals surface area contributed by atoms with Gasteiger partial charge in [0.1, 0.15) is 5.82 Å². The van der Waals surface area contributed by atoms with Gasteiger partial charge >= 0.3 is 0 Å². The van der Waals surface area contributed by atoms with Crippen LogP contribution < -0.4 is 0 Å². The summed E-state index contributed by atoms with van der Waals surface area (Å²) in [5.74, 6) is -1.11. The minimum Gasteiger partial charge on any atom is -0.342 e. The van der Waals surface area contributed by atoms with Crippen LogP contribution in [0, 0.1) is 5.82 Å². The van der Waals surface area contributed by atoms with Crippen LogP contribution in [-0.4, -0.2) is 24.7 Å². The zero-order chi connectivity index (χ0) is 16.6. The third kappa shape index (κ3) is 2.46. The van der Waals surface area contributed by atoms with E-state index < -0.39 is 5.79 Å². The summed E-state index contributed by atoms with van der Waals surface area (Å²) in [7, 11) is 0. The zero-order valence-corrected chi connectivity index (χ0v) is 13.9. The maximum Gasteiger partial charge on any atom is 0.215 e. The van der Waals surface area contributed by atoms with Crippen molar-refractivity contribution in [2.45, 2.75) is 31.7 Å². The summed E-state index contributed by atoms with van der Waals surface area (Å²) in [6.07, 6.45) is 1.06. The van der Waals surface area contributed by atoms with Gasteiger partial charge in [0.25, 0.3) is 0 Å². The van der Waals surface area contributed by atoms with E-state index in [9.17, 15) is 4.39 Å². The predicted octanol–water partition coefficient (Wildman–Crippen LogP) is 3.99. The summed E-state index contributed by atoms with van der Waals surface area (Å²) in [4.78, 5) is 2.42. The first-order valence-corrected chi connectivity index (χ1v) is 8.60. The fourth-order valence-corrected chi connectivity index (χ4v) is 3.99. The quantitative estimate of drug-likeness (QED) is 0.847. The molecule has 0 spiro atoms. The molecular formula is C20H22FNO2. The molecule has 0 bridgehead atoms. The molecule has 1 atom stereocenters. The molecule has 1 unspecified atom stereocenters. The molecule has 0 saturated carbocycles. The Morgan fingerprint density at radius 1 is 1.08 bits per heavy atom. The molecule has 1 fully saturated rings. The molecule has 0 amide bonds. The summed E-state index contributed by atoms with van der Waals surface area (Å²) < 4.78 is 25.8. The van der Waals surface area contributed by atoms with Gasteiger partial charge in [0.15, 0.2) is 0 Å². The molecule has 2 aliphatic rings. The van der Waals surface area contributed by atoms with E-state index in [0.717, 1.165) is 25.1 Å². The highest BCUT2D eigenvalue weighted by Gasteiger charge is 2.52. The van der Waals surface area contributed by atoms with Gasteiger partial charge in [-0.1, -0.05) is 43.3 Å². The minimum absolute atomic E-state index is 0.0124. The second kappa shape index (κ2) is 6.28. The van der Waals surface area contributed by atoms with Crippen LogP contribution in [0.4, 0.5) is 4.39 Å². The average Bonchev–Trinajstić information content (AvgIpc) is 3.20. The van der Waals surface area contributed by atoms with Crippen LogP contribution in [0.5, 0.6) is 0 Å². The van der Waals surface area contributed by atoms with E-state index in [1.54, 1.807) is 12.1 Å². The van der Waals surface area contributed by atoms with Crippen molar-refractivity contribution < 1.29 is 13.9 Å². The molecular weight excluding hydrogens is 305 g/mol. The van der Waals surface area contributed by atoms with Gasteiger partial charge in [0, 0.05) is 12.1 Å². The summed E-state index contributed by atoms with van der Waals surface area (Å²) >= 11 is 0. The minimum atomic E-state index is -0.866. The van der Waals surface area contributed by atoms with Crippen molar-refractivity contribution in [2.75, 3.05) is 19.8 Å². The van der Waals surface area contributed by atoms with Gasteiger partial charge in [-0.05, 0) is 36.2 Å². The van der Waals surface area contributed by atoms with Crippen LogP contribution >= 0.6 is 0 Å². The number of hydrogen-bond donors (Lipinski definition) is 0. The Hall–Kier alpha value is -1.75. The summed E-state index contributed by atoms with van der Waals surface area (Å²) in [6, 6.07) is 15.0. The molecule has 0 radical (unpaired) electrons. The standard InChI is InChI=1S/C20H22FNO2/c1-2-11-22-14-15-5-3-4-6-18(15)19(22)20(23-12-13-24-20)16-7-9-17(21)10-8-16/h3-10,19H,2,11-14H2,1H3. The number of halogens is 1. The lowest BCUT2D eigenvalue weighted by atomic mass is 9.91. The molecule has 2 aliphatic heterocycles. The van der Waals surface area contributed by atoms with Gasteiger partial charge in [-0.15, -0.1) is 0 Å². The fourth-order valence-electron chi connectivity index (χ4n) is 3.99. The largest absolute Gasteiger partial charge is 0.342 e. The van der Waals surface area contributed by atoms with Gasteiger partial charge in [0.2, 0.25) is 5.79 Å². The van der Waals surface area contributed by atoms with Crippen molar-refractivity contribution >= 4 is 0 Å². The number of rotatable bonds is 4. The molecule has 0 aliphatic carbocycles. The molecule has 4 heteroatoms. The smallest absolute Gasteiger partial charge is 0.215 e. The molecule has 3 nitrogen and oxygen atoms in total. The first kappa shape index (κ1) is 15.8. The van der Waals surface area contributed by atoms with Gasteiger partial charge < -0.3 is 9.47 Å². The van der Waals surface area contributed by atoms with Gasteiger partial charge in [-0.3, -0.25) is 4.90 Å². The number of fused-ring (bicyclic) bond motifs is 1. The van der Waals surface area contributed by atoms with E-state index in [0.29, 0.717) is 13.2 Å². The third-order valence-corrected chi connectivity index (χ3v) is 4.92. The highest BCUT2D eigenvalue weighted by Crippen LogP contribution is 2.50. The van der Waals surface area contributed by atoms with E-state index in [1.807, 2.05) is 0 Å². The van der Waals surface area contributed by atoms with Crippen molar-refractivity contribution in [3.05, 3.63) is 71.0 Å². The van der Waals surface area contributed by atoms with E-state index in [4.69, 9.17) is 9.47 Å². The van der Waals surface area contributed by atoms with Gasteiger partial charge in [-0.25, -0.2) is 4.39 Å². The molecule has 24 heavy (non-hydrogen) atoms. The molecule has 4 rings (SSSR count). The first-order chi connectivity index (χ1) is 11.7. The van der Waals surface area contributed by atoms with Crippen LogP contribution in [0.25, 0.3) is 0 Å². The van der Waals surface area contributed by atoms with Crippen LogP contribution in [0.1, 0.15) is 36.1 Å². The van der Waals surface area contributed by atoms with E-state index in [2.05, 4.69) is 36.1 Å². The van der Waals surface area contributed by atoms with E-state index in [1.165, 1.54) is 23.3 Å². The second-order valence-electron chi connectivity index (χ2n) is 6.44. The van der Waals surface area contributed by atoms with Crippen molar-refractivity contribution in [1.29, 1.82) is 0 Å². The summed E-state index contributed by atoms with van der Waals surface area (Å²) in [6.45, 7) is 5.15. The van der Waals surface area contributed by atoms with E-state index in [-0.39, 0.29) is 11.9 Å². The molecule has 2 heterocycles. The molecule has 0 N–H and O–H groups in total. The average molecular weight is 327 g/mol. The van der Waals surface area contributed by atoms with Gasteiger partial charge in [-0.2, -0.15) is 0 Å². The lowest BCUT2D eigenvalue weighted by Crippen LogP contribution is -2.42. The first-order valence-electron chi connectivity index (χ1n) is 8.60. The summed E-state index contributed by atoms with van der Waals surface area (Å²) in [5.41, 5.74) is 3.44. The topological polar surface area (TPSA) is 21.7 Å². The van der Waals surface area contributed by atoms with Crippen molar-refractivity contribution in [2.24, 2.45) is 0 Å². The van der Waals surface area contributed by atoms with Crippen molar-refractivity contribution in [3.8, 4) is 0 Å². The van der Waals surface area contributed by atoms with Gasteiger partial charge in [0.05, 0.1) is 19.3 Å². The highest BCUT2D eigenvalue weighted by molar-refractivity contribution is 5.38. The maximum atomic E-state index is 13.4. The van der Waals surface area contributed by atoms with E-state index >= 15 is 0 Å². The van der Waals surface area contributed by atoms with Crippen LogP contribution in [0.15, 0.2) is 48.5 Å². The third-order valence-electron chi connectivity index (χ3n) is 4.92. The SMILES string of the molecule is CCCN1Cc2ccccc2C1C1(c2ccc(F)cc2)OCCO1. The summed E-state index contributed by atoms with van der Waals surface area (Å²) in [5, 5.41) is 0. The Morgan fingerprint density at radius 3 is 2.50 bits per heavy atom. The fraction of sp³-hybridized carbons (Fsp3) is 0.400. The number of hydrogen-bond acceptors (Lipinski definition) is 3. The van der Waals surface area contributed by atoms with Crippen molar-refractivity contribution in [1.82, 2.24) is 4.90 Å². The van der Waals surface area contributed by atoms with Crippen LogP contribution in [-0.2, 0) is 21.8 Å². The predicted molar refractivity (Wildman–Crippen MR) is 89.9 cm³/mol. The monoisotopic (exact) mass is 327 g/mol. The molecule has 1 saturated heterocycles. The van der Waals surface area contributed by atoms with Crippen LogP contribution in [0.3, 0.4) is 0 Å². The number of ether oxygens (including phenoxy) is 2. The maximum absolute atomic E-state index is 13.4. The Morgan fingerprint density at radius 2 is 1.79 bits per heavy atom. The normalized spacial score (nSPS) is 22.7. The number of nitrogens with zero attached hydrogens (tertiary/aromatic N) is 1. The lowest BCUT2D eigenvalue weighted by molar-refractivity contribution is -0.212. The van der Waals surface area contributed by atoms with Crippen LogP contribution in [0.2, 0.25) is 0 Å². The zero-order valence-electron chi connectivity index (χ0n) is 13.9. The Balaban J connectivity index is 1.83. The van der Waals surface area contributed by atoms with Crippen molar-refractivity contribution in [3.63, 3.8) is 0 Å². The Bertz CT molecular complexity index is 710. The highest BCUT2D eigenvalue weighted by atomic mass is 19.1. The molecule has 0 aromatic heterocycles. The Kier molecular flexibility index (Phi) is 4.12.